The normalized spacial score (nSPS) is 13.6. The minimum atomic E-state index is -1.06. The van der Waals surface area contributed by atoms with Gasteiger partial charge in [-0.05, 0) is 38.0 Å². The quantitative estimate of drug-likeness (QED) is 0.829. The summed E-state index contributed by atoms with van der Waals surface area (Å²) in [4.78, 5) is 24.6. The maximum Gasteiger partial charge on any atom is 0.341 e. The van der Waals surface area contributed by atoms with Crippen molar-refractivity contribution in [3.05, 3.63) is 23.8 Å². The molecule has 1 N–H and O–H groups in total. The first-order valence-corrected chi connectivity index (χ1v) is 6.91. The summed E-state index contributed by atoms with van der Waals surface area (Å²) in [6, 6.07) is 5.13. The van der Waals surface area contributed by atoms with Crippen molar-refractivity contribution in [3.63, 3.8) is 0 Å². The van der Waals surface area contributed by atoms with E-state index in [-0.39, 0.29) is 5.91 Å². The zero-order valence-corrected chi connectivity index (χ0v) is 12.2. The Morgan fingerprint density at radius 3 is 2.57 bits per heavy atom. The molecule has 114 valence electrons. The van der Waals surface area contributed by atoms with Crippen LogP contribution in [-0.2, 0) is 4.79 Å². The van der Waals surface area contributed by atoms with Crippen molar-refractivity contribution in [2.24, 2.45) is 0 Å². The number of hydrogen-bond acceptors (Lipinski definition) is 4. The van der Waals surface area contributed by atoms with Crippen molar-refractivity contribution in [2.75, 3.05) is 20.3 Å². The van der Waals surface area contributed by atoms with Crippen LogP contribution in [0.25, 0.3) is 0 Å². The summed E-state index contributed by atoms with van der Waals surface area (Å²) in [5.41, 5.74) is 0.510. The van der Waals surface area contributed by atoms with Gasteiger partial charge in [0.1, 0.15) is 0 Å². The van der Waals surface area contributed by atoms with E-state index in [0.717, 1.165) is 12.8 Å². The highest BCUT2D eigenvalue weighted by Gasteiger charge is 2.30. The summed E-state index contributed by atoms with van der Waals surface area (Å²) in [5.74, 6) is -0.423. The minimum absolute atomic E-state index is 0.0664. The molecule has 0 atom stereocenters. The van der Waals surface area contributed by atoms with Gasteiger partial charge < -0.3 is 19.5 Å². The van der Waals surface area contributed by atoms with E-state index in [9.17, 15) is 9.59 Å². The topological polar surface area (TPSA) is 76.1 Å². The number of rotatable bonds is 7. The van der Waals surface area contributed by atoms with E-state index in [2.05, 4.69) is 0 Å². The Labute approximate surface area is 123 Å². The highest BCUT2D eigenvalue weighted by atomic mass is 16.5. The summed E-state index contributed by atoms with van der Waals surface area (Å²) in [5, 5.41) is 8.65. The predicted octanol–water partition coefficient (Wildman–Crippen LogP) is 1.78. The molecule has 2 rings (SSSR count). The van der Waals surface area contributed by atoms with Crippen LogP contribution in [0.1, 0.15) is 30.1 Å². The van der Waals surface area contributed by atoms with Gasteiger partial charge in [0.05, 0.1) is 6.61 Å². The fourth-order valence-electron chi connectivity index (χ4n) is 2.00. The van der Waals surface area contributed by atoms with Gasteiger partial charge in [0.2, 0.25) is 0 Å². The first-order valence-electron chi connectivity index (χ1n) is 6.91. The number of aliphatic carboxylic acids is 1. The number of nitrogens with zero attached hydrogens (tertiary/aromatic N) is 1. The third kappa shape index (κ3) is 3.87. The van der Waals surface area contributed by atoms with Crippen LogP contribution in [0.15, 0.2) is 18.2 Å². The van der Waals surface area contributed by atoms with Gasteiger partial charge in [0.25, 0.3) is 5.91 Å². The zero-order valence-electron chi connectivity index (χ0n) is 12.2. The number of carbonyl (C=O) groups excluding carboxylic acids is 1. The zero-order chi connectivity index (χ0) is 15.4. The van der Waals surface area contributed by atoms with Gasteiger partial charge in [0.15, 0.2) is 18.1 Å². The van der Waals surface area contributed by atoms with Crippen LogP contribution in [0.4, 0.5) is 0 Å². The van der Waals surface area contributed by atoms with Gasteiger partial charge in [-0.2, -0.15) is 0 Å². The summed E-state index contributed by atoms with van der Waals surface area (Å²) < 4.78 is 10.6. The number of ether oxygens (including phenoxy) is 2. The molecule has 0 heterocycles. The second-order valence-corrected chi connectivity index (χ2v) is 4.92. The standard InChI is InChI=1S/C15H19NO5/c1-3-20-13-8-10(15(19)16(2)11-5-6-11)4-7-12(13)21-9-14(17)18/h4,7-8,11H,3,5-6,9H2,1-2H3,(H,17,18). The number of carboxylic acids is 1. The Bertz CT molecular complexity index is 539. The lowest BCUT2D eigenvalue weighted by atomic mass is 10.1. The second kappa shape index (κ2) is 6.47. The van der Waals surface area contributed by atoms with E-state index in [0.29, 0.717) is 29.7 Å². The van der Waals surface area contributed by atoms with Crippen molar-refractivity contribution >= 4 is 11.9 Å². The Morgan fingerprint density at radius 1 is 1.29 bits per heavy atom. The number of hydrogen-bond donors (Lipinski definition) is 1. The SMILES string of the molecule is CCOc1cc(C(=O)N(C)C2CC2)ccc1OCC(=O)O. The van der Waals surface area contributed by atoms with E-state index in [1.165, 1.54) is 0 Å². The maximum absolute atomic E-state index is 12.3. The third-order valence-electron chi connectivity index (χ3n) is 3.26. The second-order valence-electron chi connectivity index (χ2n) is 4.92. The van der Waals surface area contributed by atoms with Crippen LogP contribution in [-0.4, -0.2) is 48.2 Å². The molecule has 1 aromatic carbocycles. The maximum atomic E-state index is 12.3. The van der Waals surface area contributed by atoms with E-state index in [1.54, 1.807) is 30.1 Å². The average Bonchev–Trinajstić information content (AvgIpc) is 3.29. The van der Waals surface area contributed by atoms with Gasteiger partial charge in [-0.1, -0.05) is 0 Å². The Morgan fingerprint density at radius 2 is 2.00 bits per heavy atom. The fraction of sp³-hybridized carbons (Fsp3) is 0.467. The minimum Gasteiger partial charge on any atom is -0.490 e. The first kappa shape index (κ1) is 15.2. The molecule has 0 aromatic heterocycles. The molecule has 1 aliphatic rings. The molecule has 0 bridgehead atoms. The lowest BCUT2D eigenvalue weighted by molar-refractivity contribution is -0.139. The van der Waals surface area contributed by atoms with Crippen molar-refractivity contribution in [3.8, 4) is 11.5 Å². The molecule has 1 fully saturated rings. The molecule has 1 amide bonds. The molecule has 0 spiro atoms. The number of benzene rings is 1. The summed E-state index contributed by atoms with van der Waals surface area (Å²) >= 11 is 0. The van der Waals surface area contributed by atoms with Gasteiger partial charge in [-0.15, -0.1) is 0 Å². The van der Waals surface area contributed by atoms with E-state index in [1.807, 2.05) is 6.92 Å². The summed E-state index contributed by atoms with van der Waals surface area (Å²) in [6.07, 6.45) is 2.08. The molecule has 0 saturated heterocycles. The molecule has 0 unspecified atom stereocenters. The van der Waals surface area contributed by atoms with Crippen LogP contribution in [0.2, 0.25) is 0 Å². The molecule has 21 heavy (non-hydrogen) atoms. The van der Waals surface area contributed by atoms with Crippen LogP contribution in [0.3, 0.4) is 0 Å². The van der Waals surface area contributed by atoms with Crippen LogP contribution >= 0.6 is 0 Å². The Kier molecular flexibility index (Phi) is 4.67. The number of amides is 1. The average molecular weight is 293 g/mol. The van der Waals surface area contributed by atoms with Crippen molar-refractivity contribution < 1.29 is 24.2 Å². The molecule has 1 aromatic rings. The monoisotopic (exact) mass is 293 g/mol. The largest absolute Gasteiger partial charge is 0.490 e. The third-order valence-corrected chi connectivity index (χ3v) is 3.26. The molecule has 0 radical (unpaired) electrons. The number of carboxylic acid groups (broad SMARTS) is 1. The Hall–Kier alpha value is -2.24. The van der Waals surface area contributed by atoms with Gasteiger partial charge in [0, 0.05) is 18.7 Å². The lowest BCUT2D eigenvalue weighted by Gasteiger charge is -2.17. The smallest absolute Gasteiger partial charge is 0.341 e. The molecule has 1 saturated carbocycles. The number of carbonyl (C=O) groups is 2. The Balaban J connectivity index is 2.17. The van der Waals surface area contributed by atoms with E-state index < -0.39 is 12.6 Å². The molecule has 1 aliphatic carbocycles. The molecule has 6 heteroatoms. The lowest BCUT2D eigenvalue weighted by Crippen LogP contribution is -2.28. The molecule has 6 nitrogen and oxygen atoms in total. The summed E-state index contributed by atoms with van der Waals surface area (Å²) in [6.45, 7) is 1.76. The van der Waals surface area contributed by atoms with Crippen LogP contribution < -0.4 is 9.47 Å². The first-order chi connectivity index (χ1) is 10.0. The molecule has 0 aliphatic heterocycles. The van der Waals surface area contributed by atoms with Crippen molar-refractivity contribution in [2.45, 2.75) is 25.8 Å². The van der Waals surface area contributed by atoms with Gasteiger partial charge in [-0.25, -0.2) is 4.79 Å². The highest BCUT2D eigenvalue weighted by Crippen LogP contribution is 2.31. The predicted molar refractivity (Wildman–Crippen MR) is 75.9 cm³/mol. The van der Waals surface area contributed by atoms with E-state index in [4.69, 9.17) is 14.6 Å². The van der Waals surface area contributed by atoms with Crippen LogP contribution in [0, 0.1) is 0 Å². The van der Waals surface area contributed by atoms with Gasteiger partial charge in [-0.3, -0.25) is 4.79 Å². The summed E-state index contributed by atoms with van der Waals surface area (Å²) in [7, 11) is 1.79. The van der Waals surface area contributed by atoms with E-state index >= 15 is 0 Å². The van der Waals surface area contributed by atoms with Crippen molar-refractivity contribution in [1.82, 2.24) is 4.90 Å². The van der Waals surface area contributed by atoms with Gasteiger partial charge >= 0.3 is 5.97 Å². The fourth-order valence-corrected chi connectivity index (χ4v) is 2.00. The van der Waals surface area contributed by atoms with Crippen LogP contribution in [0.5, 0.6) is 11.5 Å². The van der Waals surface area contributed by atoms with Crippen molar-refractivity contribution in [1.29, 1.82) is 0 Å². The highest BCUT2D eigenvalue weighted by molar-refractivity contribution is 5.95. The molecular formula is C15H19NO5. The molecular weight excluding hydrogens is 274 g/mol.